The number of hydrogen-bond acceptors (Lipinski definition) is 3. The lowest BCUT2D eigenvalue weighted by Crippen LogP contribution is -2.15. The second-order valence-electron chi connectivity index (χ2n) is 4.41. The van der Waals surface area contributed by atoms with Gasteiger partial charge < -0.3 is 10.6 Å². The Morgan fingerprint density at radius 1 is 1.33 bits per heavy atom. The Labute approximate surface area is 130 Å². The minimum absolute atomic E-state index is 0.114. The number of amides is 1. The number of aromatic nitrogens is 1. The first-order chi connectivity index (χ1) is 10.1. The highest BCUT2D eigenvalue weighted by molar-refractivity contribution is 9.10. The van der Waals surface area contributed by atoms with Crippen LogP contribution in [0, 0.1) is 5.82 Å². The van der Waals surface area contributed by atoms with Gasteiger partial charge in [0.1, 0.15) is 17.3 Å². The van der Waals surface area contributed by atoms with E-state index in [9.17, 15) is 9.18 Å². The molecule has 0 aliphatic carbocycles. The standard InChI is InChI=1S/C15H15BrFN3O/c1-2-8-18-14-5-3-4-12(19-14)15(21)20-13-9-10(16)6-7-11(13)17/h3-7,9H,2,8H2,1H3,(H,18,19)(H,20,21). The van der Waals surface area contributed by atoms with Crippen LogP contribution in [-0.2, 0) is 0 Å². The van der Waals surface area contributed by atoms with Gasteiger partial charge >= 0.3 is 0 Å². The zero-order valence-electron chi connectivity index (χ0n) is 11.5. The SMILES string of the molecule is CCCNc1cccc(C(=O)Nc2cc(Br)ccc2F)n1. The fourth-order valence-electron chi connectivity index (χ4n) is 1.69. The summed E-state index contributed by atoms with van der Waals surface area (Å²) < 4.78 is 14.3. The van der Waals surface area contributed by atoms with E-state index in [1.165, 1.54) is 12.1 Å². The van der Waals surface area contributed by atoms with Crippen molar-refractivity contribution < 1.29 is 9.18 Å². The number of nitrogens with zero attached hydrogens (tertiary/aromatic N) is 1. The molecule has 0 radical (unpaired) electrons. The molecule has 110 valence electrons. The lowest BCUT2D eigenvalue weighted by molar-refractivity contribution is 0.102. The van der Waals surface area contributed by atoms with Crippen molar-refractivity contribution in [2.75, 3.05) is 17.2 Å². The number of halogens is 2. The predicted octanol–water partition coefficient (Wildman–Crippen LogP) is 4.06. The first-order valence-electron chi connectivity index (χ1n) is 6.57. The summed E-state index contributed by atoms with van der Waals surface area (Å²) in [5, 5.41) is 5.62. The molecule has 21 heavy (non-hydrogen) atoms. The average Bonchev–Trinajstić information content (AvgIpc) is 2.49. The maximum Gasteiger partial charge on any atom is 0.274 e. The summed E-state index contributed by atoms with van der Waals surface area (Å²) in [5.74, 6) is -0.321. The quantitative estimate of drug-likeness (QED) is 0.853. The van der Waals surface area contributed by atoms with Gasteiger partial charge in [-0.3, -0.25) is 4.79 Å². The number of carbonyl (C=O) groups excluding carboxylic acids is 1. The predicted molar refractivity (Wildman–Crippen MR) is 85.1 cm³/mol. The van der Waals surface area contributed by atoms with Crippen LogP contribution in [-0.4, -0.2) is 17.4 Å². The number of hydrogen-bond donors (Lipinski definition) is 2. The molecule has 0 saturated heterocycles. The maximum atomic E-state index is 13.6. The third-order valence-electron chi connectivity index (χ3n) is 2.71. The zero-order valence-corrected chi connectivity index (χ0v) is 13.1. The minimum atomic E-state index is -0.494. The smallest absolute Gasteiger partial charge is 0.274 e. The van der Waals surface area contributed by atoms with E-state index in [2.05, 4.69) is 31.5 Å². The minimum Gasteiger partial charge on any atom is -0.370 e. The average molecular weight is 352 g/mol. The van der Waals surface area contributed by atoms with Crippen molar-refractivity contribution in [1.29, 1.82) is 0 Å². The van der Waals surface area contributed by atoms with Crippen LogP contribution in [0.2, 0.25) is 0 Å². The molecule has 0 aliphatic rings. The van der Waals surface area contributed by atoms with Crippen LogP contribution in [0.25, 0.3) is 0 Å². The van der Waals surface area contributed by atoms with Crippen molar-refractivity contribution in [3.05, 3.63) is 52.4 Å². The lowest BCUT2D eigenvalue weighted by atomic mass is 10.2. The molecular weight excluding hydrogens is 337 g/mol. The van der Waals surface area contributed by atoms with Gasteiger partial charge in [0.15, 0.2) is 0 Å². The molecule has 0 spiro atoms. The fraction of sp³-hybridized carbons (Fsp3) is 0.200. The summed E-state index contributed by atoms with van der Waals surface area (Å²) >= 11 is 3.24. The normalized spacial score (nSPS) is 10.2. The highest BCUT2D eigenvalue weighted by Gasteiger charge is 2.11. The Morgan fingerprint density at radius 3 is 2.90 bits per heavy atom. The molecule has 1 aromatic carbocycles. The van der Waals surface area contributed by atoms with Gasteiger partial charge in [-0.1, -0.05) is 28.9 Å². The van der Waals surface area contributed by atoms with Gasteiger partial charge in [-0.05, 0) is 36.8 Å². The Kier molecular flexibility index (Phi) is 5.27. The van der Waals surface area contributed by atoms with Crippen LogP contribution < -0.4 is 10.6 Å². The third kappa shape index (κ3) is 4.26. The van der Waals surface area contributed by atoms with Crippen molar-refractivity contribution in [2.45, 2.75) is 13.3 Å². The van der Waals surface area contributed by atoms with Gasteiger partial charge in [0.05, 0.1) is 5.69 Å². The van der Waals surface area contributed by atoms with E-state index in [1.807, 2.05) is 6.92 Å². The summed E-state index contributed by atoms with van der Waals surface area (Å²) in [6, 6.07) is 9.46. The number of rotatable bonds is 5. The first kappa shape index (κ1) is 15.4. The molecule has 0 fully saturated rings. The van der Waals surface area contributed by atoms with Crippen LogP contribution in [0.5, 0.6) is 0 Å². The molecule has 0 saturated carbocycles. The number of carbonyl (C=O) groups is 1. The number of pyridine rings is 1. The molecular formula is C15H15BrFN3O. The van der Waals surface area contributed by atoms with Gasteiger partial charge in [-0.15, -0.1) is 0 Å². The summed E-state index contributed by atoms with van der Waals surface area (Å²) in [6.45, 7) is 2.82. The fourth-order valence-corrected chi connectivity index (χ4v) is 2.05. The highest BCUT2D eigenvalue weighted by atomic mass is 79.9. The summed E-state index contributed by atoms with van der Waals surface area (Å²) in [6.07, 6.45) is 0.960. The van der Waals surface area contributed by atoms with E-state index in [0.717, 1.165) is 13.0 Å². The molecule has 1 aromatic heterocycles. The first-order valence-corrected chi connectivity index (χ1v) is 7.37. The van der Waals surface area contributed by atoms with Gasteiger partial charge in [0.25, 0.3) is 5.91 Å². The second kappa shape index (κ2) is 7.17. The van der Waals surface area contributed by atoms with E-state index in [4.69, 9.17) is 0 Å². The van der Waals surface area contributed by atoms with Crippen molar-refractivity contribution in [3.8, 4) is 0 Å². The van der Waals surface area contributed by atoms with Crippen LogP contribution in [0.4, 0.5) is 15.9 Å². The molecule has 1 heterocycles. The van der Waals surface area contributed by atoms with Gasteiger partial charge in [0, 0.05) is 11.0 Å². The number of benzene rings is 1. The molecule has 6 heteroatoms. The lowest BCUT2D eigenvalue weighted by Gasteiger charge is -2.08. The monoisotopic (exact) mass is 351 g/mol. The second-order valence-corrected chi connectivity index (χ2v) is 5.33. The van der Waals surface area contributed by atoms with E-state index in [1.54, 1.807) is 24.3 Å². The topological polar surface area (TPSA) is 54.0 Å². The highest BCUT2D eigenvalue weighted by Crippen LogP contribution is 2.20. The molecule has 1 amide bonds. The molecule has 0 atom stereocenters. The van der Waals surface area contributed by atoms with Crippen molar-refractivity contribution in [2.24, 2.45) is 0 Å². The summed E-state index contributed by atoms with van der Waals surface area (Å²) in [5.41, 5.74) is 0.346. The van der Waals surface area contributed by atoms with Crippen LogP contribution in [0.15, 0.2) is 40.9 Å². The number of nitrogens with one attached hydrogen (secondary N) is 2. The third-order valence-corrected chi connectivity index (χ3v) is 3.21. The Morgan fingerprint density at radius 2 is 2.14 bits per heavy atom. The Balaban J connectivity index is 2.14. The molecule has 0 aliphatic heterocycles. The van der Waals surface area contributed by atoms with Crippen molar-refractivity contribution >= 4 is 33.3 Å². The summed E-state index contributed by atoms with van der Waals surface area (Å²) in [4.78, 5) is 16.3. The molecule has 2 rings (SSSR count). The largest absolute Gasteiger partial charge is 0.370 e. The molecule has 2 aromatic rings. The number of anilines is 2. The van der Waals surface area contributed by atoms with Gasteiger partial charge in [-0.2, -0.15) is 0 Å². The van der Waals surface area contributed by atoms with Gasteiger partial charge in [0.2, 0.25) is 0 Å². The van der Waals surface area contributed by atoms with Gasteiger partial charge in [-0.25, -0.2) is 9.37 Å². The molecule has 0 unspecified atom stereocenters. The Bertz CT molecular complexity index is 649. The molecule has 4 nitrogen and oxygen atoms in total. The Hall–Kier alpha value is -1.95. The van der Waals surface area contributed by atoms with Crippen molar-refractivity contribution in [1.82, 2.24) is 4.98 Å². The molecule has 2 N–H and O–H groups in total. The van der Waals surface area contributed by atoms with E-state index >= 15 is 0 Å². The zero-order chi connectivity index (χ0) is 15.2. The van der Waals surface area contributed by atoms with Crippen molar-refractivity contribution in [3.63, 3.8) is 0 Å². The molecule has 0 bridgehead atoms. The van der Waals surface area contributed by atoms with Crippen LogP contribution >= 0.6 is 15.9 Å². The van der Waals surface area contributed by atoms with Crippen LogP contribution in [0.3, 0.4) is 0 Å². The van der Waals surface area contributed by atoms with E-state index in [0.29, 0.717) is 10.3 Å². The maximum absolute atomic E-state index is 13.6. The van der Waals surface area contributed by atoms with E-state index in [-0.39, 0.29) is 11.4 Å². The van der Waals surface area contributed by atoms with E-state index < -0.39 is 11.7 Å². The van der Waals surface area contributed by atoms with Crippen LogP contribution in [0.1, 0.15) is 23.8 Å². The summed E-state index contributed by atoms with van der Waals surface area (Å²) in [7, 11) is 0.